The number of nitrogens with two attached hydrogens (primary N) is 1. The third-order valence-electron chi connectivity index (χ3n) is 5.14. The van der Waals surface area contributed by atoms with Crippen LogP contribution in [0, 0.1) is 0 Å². The molecule has 0 aliphatic carbocycles. The van der Waals surface area contributed by atoms with Crippen LogP contribution in [-0.4, -0.2) is 35.1 Å². The molecule has 150 valence electrons. The lowest BCUT2D eigenvalue weighted by atomic mass is 10.1. The molecule has 6 heteroatoms. The van der Waals surface area contributed by atoms with E-state index in [0.717, 1.165) is 65.9 Å². The molecule has 1 aromatic heterocycles. The summed E-state index contributed by atoms with van der Waals surface area (Å²) in [5.74, 6) is 2.36. The Balaban J connectivity index is 1.52. The van der Waals surface area contributed by atoms with Crippen molar-refractivity contribution in [1.29, 1.82) is 0 Å². The van der Waals surface area contributed by atoms with Crippen LogP contribution >= 0.6 is 0 Å². The van der Waals surface area contributed by atoms with E-state index in [1.165, 1.54) is 5.56 Å². The lowest BCUT2D eigenvalue weighted by Gasteiger charge is -2.29. The van der Waals surface area contributed by atoms with Crippen LogP contribution in [0.5, 0.6) is 11.5 Å². The molecular formula is C23H26N4O2. The first-order valence-electron chi connectivity index (χ1n) is 9.89. The summed E-state index contributed by atoms with van der Waals surface area (Å²) in [6, 6.07) is 13.7. The summed E-state index contributed by atoms with van der Waals surface area (Å²) in [5, 5.41) is 0. The summed E-state index contributed by atoms with van der Waals surface area (Å²) in [4.78, 5) is 11.8. The number of para-hydroxylation sites is 1. The highest BCUT2D eigenvalue weighted by Gasteiger charge is 2.21. The van der Waals surface area contributed by atoms with Gasteiger partial charge in [0, 0.05) is 54.6 Å². The number of methoxy groups -OCH3 is 1. The van der Waals surface area contributed by atoms with Crippen LogP contribution in [0.3, 0.4) is 0 Å². The molecular weight excluding hydrogens is 364 g/mol. The molecule has 29 heavy (non-hydrogen) atoms. The molecule has 0 saturated heterocycles. The SMILES string of the molecule is CCOc1c(CN2CCc3nc(-c4ccc(N)cc4)ncc3C2)cccc1OC. The van der Waals surface area contributed by atoms with Crippen molar-refractivity contribution < 1.29 is 9.47 Å². The van der Waals surface area contributed by atoms with Gasteiger partial charge in [-0.1, -0.05) is 12.1 Å². The lowest BCUT2D eigenvalue weighted by molar-refractivity contribution is 0.234. The topological polar surface area (TPSA) is 73.5 Å². The molecule has 0 spiro atoms. The number of hydrogen-bond donors (Lipinski definition) is 1. The predicted octanol–water partition coefficient (Wildman–Crippen LogP) is 3.69. The molecule has 1 aliphatic rings. The van der Waals surface area contributed by atoms with Gasteiger partial charge in [-0.3, -0.25) is 4.90 Å². The Bertz CT molecular complexity index is 989. The second-order valence-electron chi connectivity index (χ2n) is 7.13. The quantitative estimate of drug-likeness (QED) is 0.647. The fraction of sp³-hybridized carbons (Fsp3) is 0.304. The summed E-state index contributed by atoms with van der Waals surface area (Å²) >= 11 is 0. The van der Waals surface area contributed by atoms with Gasteiger partial charge in [-0.15, -0.1) is 0 Å². The van der Waals surface area contributed by atoms with E-state index >= 15 is 0 Å². The van der Waals surface area contributed by atoms with Crippen LogP contribution in [0.15, 0.2) is 48.7 Å². The molecule has 2 N–H and O–H groups in total. The van der Waals surface area contributed by atoms with E-state index in [9.17, 15) is 0 Å². The molecule has 0 fully saturated rings. The number of aromatic nitrogens is 2. The number of ether oxygens (including phenoxy) is 2. The lowest BCUT2D eigenvalue weighted by Crippen LogP contribution is -2.31. The number of nitrogens with zero attached hydrogens (tertiary/aromatic N) is 3. The highest BCUT2D eigenvalue weighted by Crippen LogP contribution is 2.33. The van der Waals surface area contributed by atoms with Crippen molar-refractivity contribution in [1.82, 2.24) is 14.9 Å². The van der Waals surface area contributed by atoms with Gasteiger partial charge in [0.2, 0.25) is 0 Å². The molecule has 0 atom stereocenters. The average Bonchev–Trinajstić information content (AvgIpc) is 2.75. The fourth-order valence-corrected chi connectivity index (χ4v) is 3.68. The van der Waals surface area contributed by atoms with Gasteiger partial charge >= 0.3 is 0 Å². The smallest absolute Gasteiger partial charge is 0.165 e. The molecule has 3 aromatic rings. The number of nitrogen functional groups attached to an aromatic ring is 1. The van der Waals surface area contributed by atoms with Crippen molar-refractivity contribution in [2.75, 3.05) is 26.0 Å². The van der Waals surface area contributed by atoms with Gasteiger partial charge in [-0.2, -0.15) is 0 Å². The van der Waals surface area contributed by atoms with Gasteiger partial charge in [0.05, 0.1) is 19.4 Å². The van der Waals surface area contributed by atoms with Crippen LogP contribution in [0.4, 0.5) is 5.69 Å². The molecule has 4 rings (SSSR count). The van der Waals surface area contributed by atoms with Crippen LogP contribution in [0.25, 0.3) is 11.4 Å². The minimum atomic E-state index is 0.609. The van der Waals surface area contributed by atoms with Crippen molar-refractivity contribution in [3.05, 3.63) is 65.5 Å². The molecule has 0 bridgehead atoms. The van der Waals surface area contributed by atoms with E-state index in [2.05, 4.69) is 16.0 Å². The molecule has 1 aliphatic heterocycles. The standard InChI is InChI=1S/C23H26N4O2/c1-3-29-22-17(5-4-6-21(22)28-2)14-27-12-11-20-18(15-27)13-25-23(26-20)16-7-9-19(24)10-8-16/h4-10,13H,3,11-12,14-15,24H2,1-2H3. The number of hydrogen-bond acceptors (Lipinski definition) is 6. The molecule has 0 amide bonds. The Hall–Kier alpha value is -3.12. The maximum Gasteiger partial charge on any atom is 0.165 e. The van der Waals surface area contributed by atoms with Crippen molar-refractivity contribution in [3.8, 4) is 22.9 Å². The van der Waals surface area contributed by atoms with Gasteiger partial charge in [0.1, 0.15) is 0 Å². The Kier molecular flexibility index (Phi) is 5.62. The number of benzene rings is 2. The highest BCUT2D eigenvalue weighted by atomic mass is 16.5. The number of anilines is 1. The molecule has 0 unspecified atom stereocenters. The van der Waals surface area contributed by atoms with Gasteiger partial charge in [-0.05, 0) is 37.3 Å². The first kappa shape index (κ1) is 19.2. The number of rotatable bonds is 6. The third-order valence-corrected chi connectivity index (χ3v) is 5.14. The van der Waals surface area contributed by atoms with Crippen LogP contribution in [-0.2, 0) is 19.5 Å². The first-order chi connectivity index (χ1) is 14.2. The van der Waals surface area contributed by atoms with E-state index in [1.54, 1.807) is 7.11 Å². The summed E-state index contributed by atoms with van der Waals surface area (Å²) in [5.41, 5.74) is 10.9. The van der Waals surface area contributed by atoms with Gasteiger partial charge in [-0.25, -0.2) is 9.97 Å². The zero-order valence-electron chi connectivity index (χ0n) is 16.9. The van der Waals surface area contributed by atoms with E-state index in [1.807, 2.05) is 49.5 Å². The van der Waals surface area contributed by atoms with Crippen LogP contribution < -0.4 is 15.2 Å². The largest absolute Gasteiger partial charge is 0.493 e. The van der Waals surface area contributed by atoms with Crippen molar-refractivity contribution in [2.45, 2.75) is 26.4 Å². The van der Waals surface area contributed by atoms with Gasteiger partial charge < -0.3 is 15.2 Å². The zero-order valence-corrected chi connectivity index (χ0v) is 16.9. The molecule has 0 saturated carbocycles. The van der Waals surface area contributed by atoms with Crippen LogP contribution in [0.2, 0.25) is 0 Å². The number of fused-ring (bicyclic) bond motifs is 1. The first-order valence-corrected chi connectivity index (χ1v) is 9.89. The van der Waals surface area contributed by atoms with Crippen molar-refractivity contribution in [2.24, 2.45) is 0 Å². The third kappa shape index (κ3) is 4.17. The molecule has 2 heterocycles. The van der Waals surface area contributed by atoms with Gasteiger partial charge in [0.15, 0.2) is 17.3 Å². The van der Waals surface area contributed by atoms with Crippen LogP contribution in [0.1, 0.15) is 23.7 Å². The predicted molar refractivity (Wildman–Crippen MR) is 114 cm³/mol. The molecule has 0 radical (unpaired) electrons. The van der Waals surface area contributed by atoms with E-state index in [4.69, 9.17) is 20.2 Å². The summed E-state index contributed by atoms with van der Waals surface area (Å²) in [7, 11) is 1.68. The summed E-state index contributed by atoms with van der Waals surface area (Å²) in [6.07, 6.45) is 2.85. The van der Waals surface area contributed by atoms with E-state index < -0.39 is 0 Å². The average molecular weight is 390 g/mol. The fourth-order valence-electron chi connectivity index (χ4n) is 3.68. The van der Waals surface area contributed by atoms with Gasteiger partial charge in [0.25, 0.3) is 0 Å². The van der Waals surface area contributed by atoms with E-state index in [0.29, 0.717) is 6.61 Å². The molecule has 6 nitrogen and oxygen atoms in total. The Labute approximate surface area is 171 Å². The monoisotopic (exact) mass is 390 g/mol. The minimum absolute atomic E-state index is 0.609. The Morgan fingerprint density at radius 3 is 2.72 bits per heavy atom. The maximum atomic E-state index is 5.86. The molecule has 2 aromatic carbocycles. The maximum absolute atomic E-state index is 5.86. The summed E-state index contributed by atoms with van der Waals surface area (Å²) < 4.78 is 11.3. The second-order valence-corrected chi connectivity index (χ2v) is 7.13. The Morgan fingerprint density at radius 1 is 1.14 bits per heavy atom. The highest BCUT2D eigenvalue weighted by molar-refractivity contribution is 5.58. The normalized spacial score (nSPS) is 13.7. The Morgan fingerprint density at radius 2 is 1.97 bits per heavy atom. The van der Waals surface area contributed by atoms with Crippen molar-refractivity contribution >= 4 is 5.69 Å². The minimum Gasteiger partial charge on any atom is -0.493 e. The second kappa shape index (κ2) is 8.49. The van der Waals surface area contributed by atoms with Crippen molar-refractivity contribution in [3.63, 3.8) is 0 Å². The van der Waals surface area contributed by atoms with E-state index in [-0.39, 0.29) is 0 Å². The zero-order chi connectivity index (χ0) is 20.2. The summed E-state index contributed by atoms with van der Waals surface area (Å²) in [6.45, 7) is 5.15.